The lowest BCUT2D eigenvalue weighted by atomic mass is 10.5. The average Bonchev–Trinajstić information content (AvgIpc) is 2.72. The fourth-order valence-corrected chi connectivity index (χ4v) is 1.29. The summed E-state index contributed by atoms with van der Waals surface area (Å²) >= 11 is 5.57. The maximum absolute atomic E-state index is 13.3. The number of halogens is 2. The van der Waals surface area contributed by atoms with Crippen molar-refractivity contribution in [3.8, 4) is 0 Å². The van der Waals surface area contributed by atoms with Gasteiger partial charge in [-0.05, 0) is 11.6 Å². The number of rotatable bonds is 3. The van der Waals surface area contributed by atoms with E-state index in [4.69, 9.17) is 11.6 Å². The molecule has 0 bridgehead atoms. The molecule has 6 nitrogen and oxygen atoms in total. The van der Waals surface area contributed by atoms with Gasteiger partial charge in [0.25, 0.3) is 0 Å². The van der Waals surface area contributed by atoms with E-state index in [9.17, 15) is 4.39 Å². The molecule has 0 saturated heterocycles. The van der Waals surface area contributed by atoms with Crippen LogP contribution in [0.4, 0.5) is 21.8 Å². The van der Waals surface area contributed by atoms with Gasteiger partial charge in [-0.25, -0.2) is 9.37 Å². The molecule has 2 N–H and O–H groups in total. The summed E-state index contributed by atoms with van der Waals surface area (Å²) in [5.74, 6) is 0.626. The minimum Gasteiger partial charge on any atom is -0.363 e. The minimum absolute atomic E-state index is 0.0122. The van der Waals surface area contributed by atoms with Gasteiger partial charge in [0.2, 0.25) is 5.28 Å². The van der Waals surface area contributed by atoms with Gasteiger partial charge in [0, 0.05) is 20.2 Å². The van der Waals surface area contributed by atoms with Gasteiger partial charge in [0.05, 0.1) is 6.20 Å². The third-order valence-corrected chi connectivity index (χ3v) is 2.19. The lowest BCUT2D eigenvalue weighted by Crippen LogP contribution is -2.08. The largest absolute Gasteiger partial charge is 0.363 e. The molecule has 0 radical (unpaired) electrons. The Labute approximate surface area is 102 Å². The van der Waals surface area contributed by atoms with Crippen molar-refractivity contribution >= 4 is 29.1 Å². The highest BCUT2D eigenvalue weighted by molar-refractivity contribution is 6.28. The molecule has 2 heterocycles. The van der Waals surface area contributed by atoms with Gasteiger partial charge in [0.15, 0.2) is 17.5 Å². The Morgan fingerprint density at radius 3 is 2.88 bits per heavy atom. The van der Waals surface area contributed by atoms with Crippen molar-refractivity contribution in [2.75, 3.05) is 24.3 Å². The summed E-state index contributed by atoms with van der Waals surface area (Å²) in [4.78, 5) is 9.07. The minimum atomic E-state index is -0.594. The summed E-state index contributed by atoms with van der Waals surface area (Å²) in [5.41, 5.74) is 0. The first-order valence-electron chi connectivity index (χ1n) is 4.74. The quantitative estimate of drug-likeness (QED) is 0.820. The number of aromatic nitrogens is 4. The molecule has 0 fully saturated rings. The van der Waals surface area contributed by atoms with E-state index >= 15 is 0 Å². The summed E-state index contributed by atoms with van der Waals surface area (Å²) in [6, 6.07) is 1.72. The van der Waals surface area contributed by atoms with Crippen molar-refractivity contribution < 1.29 is 4.39 Å². The highest BCUT2D eigenvalue weighted by Crippen LogP contribution is 2.19. The number of nitrogens with zero attached hydrogens (tertiary/aromatic N) is 4. The Morgan fingerprint density at radius 2 is 2.24 bits per heavy atom. The van der Waals surface area contributed by atoms with Gasteiger partial charge in [0.1, 0.15) is 5.82 Å². The van der Waals surface area contributed by atoms with Crippen LogP contribution in [-0.2, 0) is 0 Å². The number of anilines is 3. The van der Waals surface area contributed by atoms with Crippen LogP contribution in [0.3, 0.4) is 0 Å². The van der Waals surface area contributed by atoms with E-state index < -0.39 is 5.82 Å². The van der Waals surface area contributed by atoms with E-state index in [0.717, 1.165) is 12.0 Å². The van der Waals surface area contributed by atoms with Crippen molar-refractivity contribution in [3.63, 3.8) is 0 Å². The molecule has 2 aromatic rings. The summed E-state index contributed by atoms with van der Waals surface area (Å²) < 4.78 is 13.3. The average molecular weight is 257 g/mol. The first-order valence-corrected chi connectivity index (χ1v) is 5.12. The van der Waals surface area contributed by atoms with E-state index in [1.165, 1.54) is 0 Å². The highest BCUT2D eigenvalue weighted by atomic mass is 35.5. The Morgan fingerprint density at radius 1 is 1.47 bits per heavy atom. The fraction of sp³-hybridized carbons (Fsp3) is 0.222. The van der Waals surface area contributed by atoms with Crippen molar-refractivity contribution in [2.45, 2.75) is 0 Å². The SMILES string of the molecule is CN(C)c1cc(Nc2nc(Cl)ncc2F)n[nH]1. The first kappa shape index (κ1) is 11.6. The predicted octanol–water partition coefficient (Wildman–Crippen LogP) is 1.80. The molecule has 0 amide bonds. The number of hydrogen-bond donors (Lipinski definition) is 2. The Kier molecular flexibility index (Phi) is 3.10. The molecule has 0 aromatic carbocycles. The topological polar surface area (TPSA) is 69.7 Å². The Hall–Kier alpha value is -1.89. The molecule has 2 rings (SSSR count). The van der Waals surface area contributed by atoms with Crippen LogP contribution in [0, 0.1) is 5.82 Å². The normalized spacial score (nSPS) is 10.4. The van der Waals surface area contributed by atoms with E-state index in [-0.39, 0.29) is 11.1 Å². The van der Waals surface area contributed by atoms with Crippen LogP contribution in [0.2, 0.25) is 5.28 Å². The summed E-state index contributed by atoms with van der Waals surface area (Å²) in [6.45, 7) is 0. The zero-order valence-corrected chi connectivity index (χ0v) is 9.96. The highest BCUT2D eigenvalue weighted by Gasteiger charge is 2.08. The van der Waals surface area contributed by atoms with Gasteiger partial charge in [-0.2, -0.15) is 10.1 Å². The summed E-state index contributed by atoms with van der Waals surface area (Å²) in [7, 11) is 3.72. The maximum Gasteiger partial charge on any atom is 0.224 e. The van der Waals surface area contributed by atoms with Crippen molar-refractivity contribution in [1.82, 2.24) is 20.2 Å². The number of aromatic amines is 1. The molecule has 2 aromatic heterocycles. The predicted molar refractivity (Wildman–Crippen MR) is 63.2 cm³/mol. The fourth-order valence-electron chi connectivity index (χ4n) is 1.16. The molecule has 0 unspecified atom stereocenters. The second-order valence-corrected chi connectivity index (χ2v) is 3.83. The van der Waals surface area contributed by atoms with E-state index in [2.05, 4.69) is 25.5 Å². The third-order valence-electron chi connectivity index (χ3n) is 2.01. The van der Waals surface area contributed by atoms with Crippen LogP contribution >= 0.6 is 11.6 Å². The second kappa shape index (κ2) is 4.54. The zero-order chi connectivity index (χ0) is 12.4. The first-order chi connectivity index (χ1) is 8.06. The number of H-pyrrole nitrogens is 1. The lowest BCUT2D eigenvalue weighted by Gasteiger charge is -2.06. The molecule has 0 aliphatic carbocycles. The van der Waals surface area contributed by atoms with Crippen molar-refractivity contribution in [1.29, 1.82) is 0 Å². The molecule has 17 heavy (non-hydrogen) atoms. The number of nitrogens with one attached hydrogen (secondary N) is 2. The Bertz CT molecular complexity index is 526. The smallest absolute Gasteiger partial charge is 0.224 e. The monoisotopic (exact) mass is 256 g/mol. The van der Waals surface area contributed by atoms with Gasteiger partial charge in [-0.1, -0.05) is 0 Å². The van der Waals surface area contributed by atoms with Gasteiger partial charge < -0.3 is 10.2 Å². The summed E-state index contributed by atoms with van der Waals surface area (Å²) in [5, 5.41) is 9.41. The zero-order valence-electron chi connectivity index (χ0n) is 9.20. The van der Waals surface area contributed by atoms with E-state index in [1.807, 2.05) is 19.0 Å². The van der Waals surface area contributed by atoms with Crippen molar-refractivity contribution in [3.05, 3.63) is 23.4 Å². The van der Waals surface area contributed by atoms with Crippen molar-refractivity contribution in [2.24, 2.45) is 0 Å². The third kappa shape index (κ3) is 2.62. The molecular formula is C9H10ClFN6. The molecule has 90 valence electrons. The standard InChI is InChI=1S/C9H10ClFN6/c1-17(2)7-3-6(15-16-7)13-8-5(11)4-12-9(10)14-8/h3-4H,1-2H3,(H2,12,13,14,15,16). The van der Waals surface area contributed by atoms with Crippen LogP contribution in [0.1, 0.15) is 0 Å². The van der Waals surface area contributed by atoms with Gasteiger partial charge in [-0.3, -0.25) is 5.10 Å². The molecule has 8 heteroatoms. The van der Waals surface area contributed by atoms with Gasteiger partial charge in [-0.15, -0.1) is 0 Å². The van der Waals surface area contributed by atoms with Crippen LogP contribution in [-0.4, -0.2) is 34.3 Å². The Balaban J connectivity index is 2.22. The molecule has 0 spiro atoms. The maximum atomic E-state index is 13.3. The second-order valence-electron chi connectivity index (χ2n) is 3.49. The van der Waals surface area contributed by atoms with Crippen LogP contribution in [0.5, 0.6) is 0 Å². The molecule has 0 saturated carbocycles. The van der Waals surface area contributed by atoms with E-state index in [1.54, 1.807) is 6.07 Å². The molecular weight excluding hydrogens is 247 g/mol. The number of hydrogen-bond acceptors (Lipinski definition) is 5. The summed E-state index contributed by atoms with van der Waals surface area (Å²) in [6.07, 6.45) is 0.997. The van der Waals surface area contributed by atoms with Crippen LogP contribution in [0.15, 0.2) is 12.3 Å². The molecule has 0 aliphatic heterocycles. The molecule has 0 atom stereocenters. The van der Waals surface area contributed by atoms with Gasteiger partial charge >= 0.3 is 0 Å². The van der Waals surface area contributed by atoms with E-state index in [0.29, 0.717) is 5.82 Å². The van der Waals surface area contributed by atoms with Crippen LogP contribution in [0.25, 0.3) is 0 Å². The lowest BCUT2D eigenvalue weighted by molar-refractivity contribution is 0.618. The van der Waals surface area contributed by atoms with Crippen LogP contribution < -0.4 is 10.2 Å². The molecule has 0 aliphatic rings.